The predicted molar refractivity (Wildman–Crippen MR) is 94.3 cm³/mol. The molecule has 5 heteroatoms. The highest BCUT2D eigenvalue weighted by molar-refractivity contribution is 6.03. The SMILES string of the molecule is CCc1ccccc1NC(=O)c1cc(-c2ccc(OC)cc2)n[nH]1. The van der Waals surface area contributed by atoms with Crippen LogP contribution >= 0.6 is 0 Å². The summed E-state index contributed by atoms with van der Waals surface area (Å²) in [6, 6.07) is 17.1. The number of hydrogen-bond acceptors (Lipinski definition) is 3. The number of carbonyl (C=O) groups is 1. The van der Waals surface area contributed by atoms with Crippen molar-refractivity contribution < 1.29 is 9.53 Å². The van der Waals surface area contributed by atoms with Crippen molar-refractivity contribution in [1.29, 1.82) is 0 Å². The van der Waals surface area contributed by atoms with Crippen molar-refractivity contribution in [1.82, 2.24) is 10.2 Å². The van der Waals surface area contributed by atoms with Gasteiger partial charge in [0.25, 0.3) is 5.91 Å². The average molecular weight is 321 g/mol. The number of methoxy groups -OCH3 is 1. The van der Waals surface area contributed by atoms with Gasteiger partial charge in [-0.1, -0.05) is 25.1 Å². The second-order valence-electron chi connectivity index (χ2n) is 5.36. The third-order valence-corrected chi connectivity index (χ3v) is 3.85. The molecule has 0 atom stereocenters. The Kier molecular flexibility index (Phi) is 4.61. The van der Waals surface area contributed by atoms with Crippen LogP contribution in [0.4, 0.5) is 5.69 Å². The van der Waals surface area contributed by atoms with Crippen LogP contribution in [0.1, 0.15) is 23.0 Å². The largest absolute Gasteiger partial charge is 0.497 e. The van der Waals surface area contributed by atoms with Crippen LogP contribution in [-0.2, 0) is 6.42 Å². The van der Waals surface area contributed by atoms with Gasteiger partial charge in [0.1, 0.15) is 11.4 Å². The lowest BCUT2D eigenvalue weighted by Crippen LogP contribution is -2.13. The Morgan fingerprint density at radius 2 is 1.92 bits per heavy atom. The number of anilines is 1. The number of para-hydroxylation sites is 1. The first kappa shape index (κ1) is 15.8. The van der Waals surface area contributed by atoms with Gasteiger partial charge >= 0.3 is 0 Å². The summed E-state index contributed by atoms with van der Waals surface area (Å²) in [5.41, 5.74) is 3.98. The standard InChI is InChI=1S/C19H19N3O2/c1-3-13-6-4-5-7-16(13)20-19(23)18-12-17(21-22-18)14-8-10-15(24-2)11-9-14/h4-12H,3H2,1-2H3,(H,20,23)(H,21,22). The van der Waals surface area contributed by atoms with Crippen molar-refractivity contribution in [3.63, 3.8) is 0 Å². The van der Waals surface area contributed by atoms with Crippen LogP contribution in [0, 0.1) is 0 Å². The summed E-state index contributed by atoms with van der Waals surface area (Å²) in [6.45, 7) is 2.06. The number of ether oxygens (including phenoxy) is 1. The molecule has 0 aliphatic heterocycles. The first-order valence-corrected chi connectivity index (χ1v) is 7.80. The Labute approximate surface area is 140 Å². The zero-order valence-electron chi connectivity index (χ0n) is 13.7. The van der Waals surface area contributed by atoms with E-state index in [-0.39, 0.29) is 5.91 Å². The molecule has 3 rings (SSSR count). The molecule has 122 valence electrons. The highest BCUT2D eigenvalue weighted by Gasteiger charge is 2.12. The van der Waals surface area contributed by atoms with E-state index in [0.29, 0.717) is 11.4 Å². The summed E-state index contributed by atoms with van der Waals surface area (Å²) in [5, 5.41) is 9.95. The van der Waals surface area contributed by atoms with E-state index in [1.807, 2.05) is 48.5 Å². The van der Waals surface area contributed by atoms with Gasteiger partial charge < -0.3 is 10.1 Å². The molecule has 0 unspecified atom stereocenters. The highest BCUT2D eigenvalue weighted by atomic mass is 16.5. The number of benzene rings is 2. The number of aromatic amines is 1. The maximum Gasteiger partial charge on any atom is 0.273 e. The van der Waals surface area contributed by atoms with Crippen molar-refractivity contribution in [3.8, 4) is 17.0 Å². The summed E-state index contributed by atoms with van der Waals surface area (Å²) >= 11 is 0. The minimum absolute atomic E-state index is 0.205. The molecule has 3 aromatic rings. The summed E-state index contributed by atoms with van der Waals surface area (Å²) < 4.78 is 5.14. The quantitative estimate of drug-likeness (QED) is 0.749. The van der Waals surface area contributed by atoms with E-state index in [9.17, 15) is 4.79 Å². The van der Waals surface area contributed by atoms with Crippen molar-refractivity contribution in [2.24, 2.45) is 0 Å². The lowest BCUT2D eigenvalue weighted by molar-refractivity contribution is 0.102. The molecule has 1 amide bonds. The molecule has 2 aromatic carbocycles. The Bertz CT molecular complexity index is 838. The Hall–Kier alpha value is -3.08. The van der Waals surface area contributed by atoms with Gasteiger partial charge in [0, 0.05) is 11.3 Å². The van der Waals surface area contributed by atoms with Gasteiger partial charge in [-0.15, -0.1) is 0 Å². The summed E-state index contributed by atoms with van der Waals surface area (Å²) in [5.74, 6) is 0.576. The van der Waals surface area contributed by atoms with E-state index in [0.717, 1.165) is 29.0 Å². The monoisotopic (exact) mass is 321 g/mol. The molecule has 5 nitrogen and oxygen atoms in total. The minimum atomic E-state index is -0.205. The Morgan fingerprint density at radius 1 is 1.17 bits per heavy atom. The number of hydrogen-bond donors (Lipinski definition) is 2. The number of amides is 1. The second kappa shape index (κ2) is 7.00. The van der Waals surface area contributed by atoms with Gasteiger partial charge in [0.15, 0.2) is 0 Å². The van der Waals surface area contributed by atoms with Crippen LogP contribution in [0.15, 0.2) is 54.6 Å². The molecule has 1 heterocycles. The van der Waals surface area contributed by atoms with Crippen LogP contribution in [0.25, 0.3) is 11.3 Å². The van der Waals surface area contributed by atoms with Crippen molar-refractivity contribution in [2.75, 3.05) is 12.4 Å². The number of carbonyl (C=O) groups excluding carboxylic acids is 1. The van der Waals surface area contributed by atoms with E-state index >= 15 is 0 Å². The van der Waals surface area contributed by atoms with Crippen molar-refractivity contribution in [2.45, 2.75) is 13.3 Å². The molecule has 2 N–H and O–H groups in total. The van der Waals surface area contributed by atoms with E-state index in [1.54, 1.807) is 13.2 Å². The van der Waals surface area contributed by atoms with Crippen LogP contribution in [0.2, 0.25) is 0 Å². The number of aryl methyl sites for hydroxylation is 1. The minimum Gasteiger partial charge on any atom is -0.497 e. The fourth-order valence-corrected chi connectivity index (χ4v) is 2.49. The summed E-state index contributed by atoms with van der Waals surface area (Å²) in [6.07, 6.45) is 0.858. The second-order valence-corrected chi connectivity index (χ2v) is 5.36. The maximum atomic E-state index is 12.4. The van der Waals surface area contributed by atoms with Gasteiger partial charge in [-0.05, 0) is 48.4 Å². The average Bonchev–Trinajstić information content (AvgIpc) is 3.12. The zero-order valence-corrected chi connectivity index (χ0v) is 13.7. The van der Waals surface area contributed by atoms with Gasteiger partial charge in [-0.3, -0.25) is 9.89 Å². The van der Waals surface area contributed by atoms with Crippen LogP contribution in [0.3, 0.4) is 0 Å². The molecule has 0 aliphatic rings. The molecule has 0 spiro atoms. The third kappa shape index (κ3) is 3.30. The number of nitrogens with one attached hydrogen (secondary N) is 2. The van der Waals surface area contributed by atoms with Crippen molar-refractivity contribution in [3.05, 3.63) is 65.9 Å². The molecular formula is C19H19N3O2. The van der Waals surface area contributed by atoms with Crippen LogP contribution < -0.4 is 10.1 Å². The van der Waals surface area contributed by atoms with Gasteiger partial charge in [-0.25, -0.2) is 0 Å². The Balaban J connectivity index is 1.78. The molecule has 0 aliphatic carbocycles. The third-order valence-electron chi connectivity index (χ3n) is 3.85. The summed E-state index contributed by atoms with van der Waals surface area (Å²) in [7, 11) is 1.63. The maximum absolute atomic E-state index is 12.4. The van der Waals surface area contributed by atoms with Crippen molar-refractivity contribution >= 4 is 11.6 Å². The van der Waals surface area contributed by atoms with Crippen LogP contribution in [0.5, 0.6) is 5.75 Å². The molecule has 0 saturated heterocycles. The highest BCUT2D eigenvalue weighted by Crippen LogP contribution is 2.22. The molecular weight excluding hydrogens is 302 g/mol. The number of aromatic nitrogens is 2. The molecule has 0 saturated carbocycles. The molecule has 1 aromatic heterocycles. The fourth-order valence-electron chi connectivity index (χ4n) is 2.49. The topological polar surface area (TPSA) is 67.0 Å². The van der Waals surface area contributed by atoms with Gasteiger partial charge in [-0.2, -0.15) is 5.10 Å². The molecule has 0 bridgehead atoms. The van der Waals surface area contributed by atoms with E-state index < -0.39 is 0 Å². The summed E-state index contributed by atoms with van der Waals surface area (Å²) in [4.78, 5) is 12.4. The number of nitrogens with zero attached hydrogens (tertiary/aromatic N) is 1. The smallest absolute Gasteiger partial charge is 0.273 e. The first-order chi connectivity index (χ1) is 11.7. The van der Waals surface area contributed by atoms with E-state index in [1.165, 1.54) is 0 Å². The first-order valence-electron chi connectivity index (χ1n) is 7.80. The lowest BCUT2D eigenvalue weighted by atomic mass is 10.1. The number of H-pyrrole nitrogens is 1. The number of rotatable bonds is 5. The zero-order chi connectivity index (χ0) is 16.9. The predicted octanol–water partition coefficient (Wildman–Crippen LogP) is 3.90. The molecule has 0 radical (unpaired) electrons. The Morgan fingerprint density at radius 3 is 2.62 bits per heavy atom. The fraction of sp³-hybridized carbons (Fsp3) is 0.158. The lowest BCUT2D eigenvalue weighted by Gasteiger charge is -2.08. The molecule has 24 heavy (non-hydrogen) atoms. The van der Waals surface area contributed by atoms with Gasteiger partial charge in [0.05, 0.1) is 12.8 Å². The van der Waals surface area contributed by atoms with Crippen LogP contribution in [-0.4, -0.2) is 23.2 Å². The van der Waals surface area contributed by atoms with E-state index in [4.69, 9.17) is 4.74 Å². The van der Waals surface area contributed by atoms with E-state index in [2.05, 4.69) is 22.4 Å². The van der Waals surface area contributed by atoms with Gasteiger partial charge in [0.2, 0.25) is 0 Å². The normalized spacial score (nSPS) is 10.4. The molecule has 0 fully saturated rings.